The SMILES string of the molecule is CC1(C(=O)Nc2ccc(Cl)cc2)CO1. The zero-order valence-electron chi connectivity index (χ0n) is 7.71. The predicted octanol–water partition coefficient (Wildman–Crippen LogP) is 2.07. The van der Waals surface area contributed by atoms with Gasteiger partial charge in [-0.1, -0.05) is 11.6 Å². The van der Waals surface area contributed by atoms with E-state index in [-0.39, 0.29) is 5.91 Å². The van der Waals surface area contributed by atoms with Crippen LogP contribution in [0.3, 0.4) is 0 Å². The minimum atomic E-state index is -0.625. The Hall–Kier alpha value is -1.06. The van der Waals surface area contributed by atoms with E-state index >= 15 is 0 Å². The van der Waals surface area contributed by atoms with Crippen molar-refractivity contribution in [3.63, 3.8) is 0 Å². The second kappa shape index (κ2) is 3.26. The number of hydrogen-bond acceptors (Lipinski definition) is 2. The zero-order chi connectivity index (χ0) is 10.2. The number of epoxide rings is 1. The normalized spacial score (nSPS) is 24.4. The van der Waals surface area contributed by atoms with Gasteiger partial charge in [-0.15, -0.1) is 0 Å². The first-order chi connectivity index (χ1) is 6.60. The van der Waals surface area contributed by atoms with Crippen molar-refractivity contribution in [2.45, 2.75) is 12.5 Å². The molecule has 1 heterocycles. The molecule has 0 aliphatic carbocycles. The molecular formula is C10H10ClNO2. The maximum absolute atomic E-state index is 11.5. The highest BCUT2D eigenvalue weighted by molar-refractivity contribution is 6.30. The van der Waals surface area contributed by atoms with Crippen molar-refractivity contribution in [3.05, 3.63) is 29.3 Å². The summed E-state index contributed by atoms with van der Waals surface area (Å²) in [5, 5.41) is 3.40. The molecule has 0 saturated carbocycles. The number of halogens is 1. The summed E-state index contributed by atoms with van der Waals surface area (Å²) in [6, 6.07) is 6.97. The number of anilines is 1. The number of ether oxygens (including phenoxy) is 1. The number of rotatable bonds is 2. The first-order valence-electron chi connectivity index (χ1n) is 4.31. The van der Waals surface area contributed by atoms with Gasteiger partial charge in [0.05, 0.1) is 6.61 Å². The molecule has 2 rings (SSSR count). The molecule has 1 aliphatic rings. The first kappa shape index (κ1) is 9.49. The van der Waals surface area contributed by atoms with Crippen molar-refractivity contribution in [3.8, 4) is 0 Å². The molecule has 0 aromatic heterocycles. The van der Waals surface area contributed by atoms with Gasteiger partial charge in [0.1, 0.15) is 0 Å². The highest BCUT2D eigenvalue weighted by atomic mass is 35.5. The van der Waals surface area contributed by atoms with Crippen LogP contribution in [0.25, 0.3) is 0 Å². The lowest BCUT2D eigenvalue weighted by molar-refractivity contribution is -0.120. The smallest absolute Gasteiger partial charge is 0.258 e. The molecule has 0 bridgehead atoms. The summed E-state index contributed by atoms with van der Waals surface area (Å²) in [6.45, 7) is 2.25. The van der Waals surface area contributed by atoms with E-state index < -0.39 is 5.60 Å². The summed E-state index contributed by atoms with van der Waals surface area (Å²) in [5.41, 5.74) is 0.107. The van der Waals surface area contributed by atoms with Gasteiger partial charge in [-0.3, -0.25) is 4.79 Å². The third-order valence-corrected chi connectivity index (χ3v) is 2.41. The number of hydrogen-bond donors (Lipinski definition) is 1. The van der Waals surface area contributed by atoms with Gasteiger partial charge in [0, 0.05) is 10.7 Å². The number of benzene rings is 1. The Balaban J connectivity index is 2.04. The molecular weight excluding hydrogens is 202 g/mol. The van der Waals surface area contributed by atoms with Gasteiger partial charge < -0.3 is 10.1 Å². The minimum Gasteiger partial charge on any atom is -0.359 e. The lowest BCUT2D eigenvalue weighted by Crippen LogP contribution is -2.27. The topological polar surface area (TPSA) is 41.6 Å². The highest BCUT2D eigenvalue weighted by Gasteiger charge is 2.47. The third kappa shape index (κ3) is 1.89. The van der Waals surface area contributed by atoms with E-state index in [9.17, 15) is 4.79 Å². The van der Waals surface area contributed by atoms with Crippen LogP contribution in [0.5, 0.6) is 0 Å². The molecule has 0 spiro atoms. The fourth-order valence-corrected chi connectivity index (χ4v) is 1.16. The van der Waals surface area contributed by atoms with Crippen molar-refractivity contribution >= 4 is 23.2 Å². The maximum Gasteiger partial charge on any atom is 0.258 e. The van der Waals surface area contributed by atoms with Crippen LogP contribution in [0.2, 0.25) is 5.02 Å². The molecule has 1 aromatic carbocycles. The quantitative estimate of drug-likeness (QED) is 0.761. The number of carbonyl (C=O) groups is 1. The van der Waals surface area contributed by atoms with Crippen LogP contribution >= 0.6 is 11.6 Å². The van der Waals surface area contributed by atoms with Crippen LogP contribution in [0.15, 0.2) is 24.3 Å². The maximum atomic E-state index is 11.5. The van der Waals surface area contributed by atoms with Crippen molar-refractivity contribution in [2.24, 2.45) is 0 Å². The summed E-state index contributed by atoms with van der Waals surface area (Å²) in [7, 11) is 0. The molecule has 1 atom stereocenters. The van der Waals surface area contributed by atoms with Crippen LogP contribution in [-0.4, -0.2) is 18.1 Å². The Morgan fingerprint density at radius 2 is 2.07 bits per heavy atom. The Morgan fingerprint density at radius 3 is 2.57 bits per heavy atom. The lowest BCUT2D eigenvalue weighted by atomic mass is 10.2. The Bertz CT molecular complexity index is 357. The van der Waals surface area contributed by atoms with Crippen molar-refractivity contribution in [2.75, 3.05) is 11.9 Å². The molecule has 1 unspecified atom stereocenters. The predicted molar refractivity (Wildman–Crippen MR) is 54.4 cm³/mol. The number of nitrogens with one attached hydrogen (secondary N) is 1. The third-order valence-electron chi connectivity index (χ3n) is 2.16. The van der Waals surface area contributed by atoms with E-state index in [0.29, 0.717) is 11.6 Å². The Morgan fingerprint density at radius 1 is 1.50 bits per heavy atom. The van der Waals surface area contributed by atoms with Gasteiger partial charge in [-0.2, -0.15) is 0 Å². The molecule has 1 aromatic rings. The second-order valence-corrected chi connectivity index (χ2v) is 3.92. The molecule has 1 fully saturated rings. The van der Waals surface area contributed by atoms with E-state index in [1.165, 1.54) is 0 Å². The zero-order valence-corrected chi connectivity index (χ0v) is 8.47. The Labute approximate surface area is 87.0 Å². The van der Waals surface area contributed by atoms with Gasteiger partial charge in [0.2, 0.25) is 0 Å². The van der Waals surface area contributed by atoms with Crippen molar-refractivity contribution in [1.29, 1.82) is 0 Å². The van der Waals surface area contributed by atoms with Gasteiger partial charge in [-0.05, 0) is 31.2 Å². The van der Waals surface area contributed by atoms with Gasteiger partial charge >= 0.3 is 0 Å². The van der Waals surface area contributed by atoms with Crippen LogP contribution < -0.4 is 5.32 Å². The standard InChI is InChI=1S/C10H10ClNO2/c1-10(6-14-10)9(13)12-8-4-2-7(11)3-5-8/h2-5H,6H2,1H3,(H,12,13). The summed E-state index contributed by atoms with van der Waals surface area (Å²) in [6.07, 6.45) is 0. The summed E-state index contributed by atoms with van der Waals surface area (Å²) >= 11 is 5.71. The van der Waals surface area contributed by atoms with E-state index in [1.54, 1.807) is 31.2 Å². The molecule has 1 N–H and O–H groups in total. The molecule has 4 heteroatoms. The van der Waals surface area contributed by atoms with Gasteiger partial charge in [0.15, 0.2) is 5.60 Å². The highest BCUT2D eigenvalue weighted by Crippen LogP contribution is 2.27. The van der Waals surface area contributed by atoms with E-state index in [4.69, 9.17) is 16.3 Å². The minimum absolute atomic E-state index is 0.111. The summed E-state index contributed by atoms with van der Waals surface area (Å²) < 4.78 is 5.02. The fourth-order valence-electron chi connectivity index (χ4n) is 1.04. The average Bonchev–Trinajstić information content (AvgIpc) is 2.89. The fraction of sp³-hybridized carbons (Fsp3) is 0.300. The van der Waals surface area contributed by atoms with Crippen molar-refractivity contribution < 1.29 is 9.53 Å². The average molecular weight is 212 g/mol. The second-order valence-electron chi connectivity index (χ2n) is 3.48. The molecule has 0 radical (unpaired) electrons. The van der Waals surface area contributed by atoms with Crippen molar-refractivity contribution in [1.82, 2.24) is 0 Å². The van der Waals surface area contributed by atoms with Crippen LogP contribution in [0, 0.1) is 0 Å². The monoisotopic (exact) mass is 211 g/mol. The summed E-state index contributed by atoms with van der Waals surface area (Å²) in [5.74, 6) is -0.111. The van der Waals surface area contributed by atoms with Crippen LogP contribution in [0.1, 0.15) is 6.92 Å². The van der Waals surface area contributed by atoms with E-state index in [1.807, 2.05) is 0 Å². The molecule has 3 nitrogen and oxygen atoms in total. The largest absolute Gasteiger partial charge is 0.359 e. The molecule has 74 valence electrons. The van der Waals surface area contributed by atoms with Crippen LogP contribution in [-0.2, 0) is 9.53 Å². The Kier molecular flexibility index (Phi) is 2.21. The molecule has 1 saturated heterocycles. The number of carbonyl (C=O) groups excluding carboxylic acids is 1. The first-order valence-corrected chi connectivity index (χ1v) is 4.69. The molecule has 1 aliphatic heterocycles. The van der Waals surface area contributed by atoms with Gasteiger partial charge in [-0.25, -0.2) is 0 Å². The van der Waals surface area contributed by atoms with E-state index in [2.05, 4.69) is 5.32 Å². The van der Waals surface area contributed by atoms with E-state index in [0.717, 1.165) is 5.69 Å². The number of amides is 1. The molecule has 14 heavy (non-hydrogen) atoms. The lowest BCUT2D eigenvalue weighted by Gasteiger charge is -2.07. The van der Waals surface area contributed by atoms with Gasteiger partial charge in [0.25, 0.3) is 5.91 Å². The molecule has 1 amide bonds. The van der Waals surface area contributed by atoms with Crippen LogP contribution in [0.4, 0.5) is 5.69 Å². The summed E-state index contributed by atoms with van der Waals surface area (Å²) in [4.78, 5) is 11.5.